The van der Waals surface area contributed by atoms with Crippen LogP contribution in [0.25, 0.3) is 0 Å². The van der Waals surface area contributed by atoms with Gasteiger partial charge in [-0.15, -0.1) is 0 Å². The molecule has 4 aromatic carbocycles. The van der Waals surface area contributed by atoms with Gasteiger partial charge in [0, 0.05) is 55.0 Å². The minimum Gasteiger partial charge on any atom is -0.478 e. The van der Waals surface area contributed by atoms with E-state index in [1.165, 1.54) is 0 Å². The Morgan fingerprint density at radius 1 is 0.805 bits per heavy atom. The number of nitrogens with one attached hydrogen (secondary N) is 1. The quantitative estimate of drug-likeness (QED) is 0.175. The molecule has 0 aromatic heterocycles. The summed E-state index contributed by atoms with van der Waals surface area (Å²) in [5.74, 6) is 0.182. The van der Waals surface area contributed by atoms with Gasteiger partial charge >= 0.3 is 5.97 Å². The Balaban J connectivity index is 1.78. The maximum Gasteiger partial charge on any atom is 0.335 e. The van der Waals surface area contributed by atoms with Gasteiger partial charge in [-0.2, -0.15) is 0 Å². The molecule has 212 valence electrons. The molecule has 0 radical (unpaired) electrons. The highest BCUT2D eigenvalue weighted by molar-refractivity contribution is 6.33. The molecule has 0 saturated carbocycles. The maximum atomic E-state index is 12.4. The third kappa shape index (κ3) is 5.32. The molecule has 1 aliphatic heterocycles. The number of aromatic carboxylic acids is 1. The molecule has 4 aromatic rings. The van der Waals surface area contributed by atoms with Gasteiger partial charge in [0.1, 0.15) is 11.4 Å². The third-order valence-electron chi connectivity index (χ3n) is 7.85. The lowest BCUT2D eigenvalue weighted by Gasteiger charge is -2.35. The van der Waals surface area contributed by atoms with Crippen LogP contribution in [0.2, 0.25) is 5.02 Å². The molecule has 0 saturated heterocycles. The number of halogens is 1. The van der Waals surface area contributed by atoms with Crippen LogP contribution in [-0.2, 0) is 0 Å². The first-order valence-corrected chi connectivity index (χ1v) is 14.6. The van der Waals surface area contributed by atoms with Crippen molar-refractivity contribution in [3.05, 3.63) is 106 Å². The summed E-state index contributed by atoms with van der Waals surface area (Å²) in [6.45, 7) is 11.8. The number of carboxylic acids is 1. The van der Waals surface area contributed by atoms with Gasteiger partial charge in [0.15, 0.2) is 5.75 Å². The van der Waals surface area contributed by atoms with Gasteiger partial charge in [0.25, 0.3) is 0 Å². The second kappa shape index (κ2) is 12.1. The monoisotopic (exact) mass is 569 g/mol. The minimum absolute atomic E-state index is 0.284. The van der Waals surface area contributed by atoms with Crippen molar-refractivity contribution < 1.29 is 14.6 Å². The molecule has 2 N–H and O–H groups in total. The van der Waals surface area contributed by atoms with Gasteiger partial charge < -0.3 is 25.0 Å². The molecule has 1 aliphatic rings. The Morgan fingerprint density at radius 3 is 2.15 bits per heavy atom. The van der Waals surface area contributed by atoms with Gasteiger partial charge in [0.05, 0.1) is 22.0 Å². The Hall–Kier alpha value is -4.16. The van der Waals surface area contributed by atoms with Crippen molar-refractivity contribution in [1.82, 2.24) is 0 Å². The number of ether oxygens (including phenoxy) is 1. The van der Waals surface area contributed by atoms with Gasteiger partial charge in [-0.05, 0) is 63.6 Å². The molecule has 0 amide bonds. The number of benzene rings is 4. The van der Waals surface area contributed by atoms with Crippen LogP contribution in [0.15, 0.2) is 78.9 Å². The van der Waals surface area contributed by atoms with Crippen molar-refractivity contribution in [2.24, 2.45) is 0 Å². The van der Waals surface area contributed by atoms with Gasteiger partial charge in [0.2, 0.25) is 0 Å². The molecule has 0 aliphatic carbocycles. The van der Waals surface area contributed by atoms with E-state index in [0.29, 0.717) is 5.02 Å². The molecule has 5 rings (SSSR count). The SMILES string of the molecule is CCN(CC)c1ccc2c(c1)Oc1c(ccc(Nc3ccccc3Cl)c1N(CC)CC)C2c1ccccc1C(=O)O. The zero-order valence-electron chi connectivity index (χ0n) is 23.9. The van der Waals surface area contributed by atoms with E-state index in [1.807, 2.05) is 48.5 Å². The third-order valence-corrected chi connectivity index (χ3v) is 8.18. The fraction of sp³-hybridized carbons (Fsp3) is 0.265. The largest absolute Gasteiger partial charge is 0.478 e. The number of carbonyl (C=O) groups is 1. The van der Waals surface area contributed by atoms with E-state index in [-0.39, 0.29) is 11.5 Å². The number of fused-ring (bicyclic) bond motifs is 2. The van der Waals surface area contributed by atoms with E-state index >= 15 is 0 Å². The number of rotatable bonds is 10. The Morgan fingerprint density at radius 2 is 1.46 bits per heavy atom. The Kier molecular flexibility index (Phi) is 8.41. The van der Waals surface area contributed by atoms with Crippen LogP contribution in [0.1, 0.15) is 60.7 Å². The lowest BCUT2D eigenvalue weighted by Crippen LogP contribution is -2.26. The number of nitrogens with zero attached hydrogens (tertiary/aromatic N) is 2. The van der Waals surface area contributed by atoms with Crippen molar-refractivity contribution in [2.75, 3.05) is 41.3 Å². The van der Waals surface area contributed by atoms with Gasteiger partial charge in [-0.3, -0.25) is 0 Å². The standard InChI is InChI=1S/C34H36ClN3O3/c1-5-37(6-2)22-17-18-25-30(21-22)41-33-26(31(25)23-13-9-10-14-24(23)34(39)40)19-20-29(32(33)38(7-3)8-4)36-28-16-12-11-15-27(28)35/h9-21,31,36H,5-8H2,1-4H3,(H,39,40). The van der Waals surface area contributed by atoms with E-state index in [2.05, 4.69) is 61.0 Å². The van der Waals surface area contributed by atoms with Crippen molar-refractivity contribution in [3.8, 4) is 11.5 Å². The molecular formula is C34H36ClN3O3. The van der Waals surface area contributed by atoms with E-state index in [9.17, 15) is 9.90 Å². The van der Waals surface area contributed by atoms with Crippen LogP contribution in [0, 0.1) is 0 Å². The maximum absolute atomic E-state index is 12.4. The molecule has 0 spiro atoms. The topological polar surface area (TPSA) is 65.0 Å². The first-order chi connectivity index (χ1) is 19.9. The summed E-state index contributed by atoms with van der Waals surface area (Å²) in [5, 5.41) is 14.3. The minimum atomic E-state index is -0.948. The molecule has 1 atom stereocenters. The highest BCUT2D eigenvalue weighted by atomic mass is 35.5. The lowest BCUT2D eigenvalue weighted by atomic mass is 9.80. The number of hydrogen-bond donors (Lipinski definition) is 2. The molecule has 0 bridgehead atoms. The summed E-state index contributed by atoms with van der Waals surface area (Å²) in [6.07, 6.45) is 0. The van der Waals surface area contributed by atoms with Crippen molar-refractivity contribution in [2.45, 2.75) is 33.6 Å². The Labute approximate surface area is 247 Å². The first-order valence-electron chi connectivity index (χ1n) is 14.2. The van der Waals surface area contributed by atoms with E-state index in [1.54, 1.807) is 12.1 Å². The second-order valence-electron chi connectivity index (χ2n) is 9.98. The summed E-state index contributed by atoms with van der Waals surface area (Å²) in [4.78, 5) is 16.9. The van der Waals surface area contributed by atoms with Crippen molar-refractivity contribution in [1.29, 1.82) is 0 Å². The summed E-state index contributed by atoms with van der Waals surface area (Å²) in [5.41, 5.74) is 6.55. The normalized spacial score (nSPS) is 13.5. The van der Waals surface area contributed by atoms with Crippen LogP contribution in [0.5, 0.6) is 11.5 Å². The number of hydrogen-bond acceptors (Lipinski definition) is 5. The molecule has 1 heterocycles. The summed E-state index contributed by atoms with van der Waals surface area (Å²) in [7, 11) is 0. The number of carboxylic acid groups (broad SMARTS) is 1. The molecule has 0 fully saturated rings. The molecular weight excluding hydrogens is 534 g/mol. The lowest BCUT2D eigenvalue weighted by molar-refractivity contribution is 0.0695. The zero-order valence-corrected chi connectivity index (χ0v) is 24.7. The van der Waals surface area contributed by atoms with Gasteiger partial charge in [-0.25, -0.2) is 4.79 Å². The molecule has 41 heavy (non-hydrogen) atoms. The van der Waals surface area contributed by atoms with Crippen molar-refractivity contribution in [3.63, 3.8) is 0 Å². The van der Waals surface area contributed by atoms with Crippen LogP contribution in [-0.4, -0.2) is 37.3 Å². The summed E-state index contributed by atoms with van der Waals surface area (Å²) >= 11 is 6.54. The van der Waals surface area contributed by atoms with Crippen LogP contribution in [0.4, 0.5) is 22.7 Å². The van der Waals surface area contributed by atoms with E-state index < -0.39 is 5.97 Å². The first kappa shape index (κ1) is 28.4. The highest BCUT2D eigenvalue weighted by Crippen LogP contribution is 2.54. The summed E-state index contributed by atoms with van der Waals surface area (Å²) in [6, 6.07) is 25.3. The fourth-order valence-corrected chi connectivity index (χ4v) is 5.96. The average molecular weight is 570 g/mol. The zero-order chi connectivity index (χ0) is 29.1. The molecule has 7 heteroatoms. The average Bonchev–Trinajstić information content (AvgIpc) is 2.99. The highest BCUT2D eigenvalue weighted by Gasteiger charge is 2.35. The van der Waals surface area contributed by atoms with Crippen LogP contribution >= 0.6 is 11.6 Å². The van der Waals surface area contributed by atoms with Crippen molar-refractivity contribution >= 4 is 40.3 Å². The smallest absolute Gasteiger partial charge is 0.335 e. The van der Waals surface area contributed by atoms with Gasteiger partial charge in [-0.1, -0.05) is 54.1 Å². The predicted octanol–water partition coefficient (Wildman–Crippen LogP) is 8.76. The fourth-order valence-electron chi connectivity index (χ4n) is 5.78. The Bertz CT molecular complexity index is 1560. The van der Waals surface area contributed by atoms with E-state index in [0.717, 1.165) is 77.1 Å². The number of anilines is 4. The number of para-hydroxylation sites is 1. The predicted molar refractivity (Wildman–Crippen MR) is 169 cm³/mol. The van der Waals surface area contributed by atoms with Crippen LogP contribution in [0.3, 0.4) is 0 Å². The van der Waals surface area contributed by atoms with E-state index in [4.69, 9.17) is 16.3 Å². The van der Waals surface area contributed by atoms with Crippen LogP contribution < -0.4 is 19.9 Å². The molecule has 6 nitrogen and oxygen atoms in total. The second-order valence-corrected chi connectivity index (χ2v) is 10.4. The summed E-state index contributed by atoms with van der Waals surface area (Å²) < 4.78 is 6.84. The molecule has 1 unspecified atom stereocenters.